The molecule has 1 aromatic rings. The topological polar surface area (TPSA) is 67.4 Å². The van der Waals surface area contributed by atoms with E-state index in [9.17, 15) is 18.4 Å². The molecule has 92 valence electrons. The normalized spacial score (nSPS) is 9.59. The molecule has 0 aliphatic rings. The van der Waals surface area contributed by atoms with Crippen LogP contribution < -0.4 is 10.9 Å². The molecule has 0 atom stereocenters. The Kier molecular flexibility index (Phi) is 4.38. The number of carbonyl (C=O) groups is 2. The van der Waals surface area contributed by atoms with Crippen LogP contribution in [0.5, 0.6) is 0 Å². The Morgan fingerprint density at radius 1 is 1.18 bits per heavy atom. The van der Waals surface area contributed by atoms with Crippen molar-refractivity contribution in [3.63, 3.8) is 0 Å². The third-order valence-electron chi connectivity index (χ3n) is 1.68. The Morgan fingerprint density at radius 3 is 2.29 bits per heavy atom. The summed E-state index contributed by atoms with van der Waals surface area (Å²) in [7, 11) is 0. The van der Waals surface area contributed by atoms with E-state index in [1.54, 1.807) is 6.92 Å². The molecule has 0 aliphatic carbocycles. The Hall–Kier alpha value is -2.18. The van der Waals surface area contributed by atoms with Crippen molar-refractivity contribution in [3.8, 4) is 0 Å². The quantitative estimate of drug-likeness (QED) is 0.772. The number of nitrogens with one attached hydrogen (secondary N) is 2. The molecule has 0 aromatic heterocycles. The van der Waals surface area contributed by atoms with E-state index < -0.39 is 23.6 Å². The van der Waals surface area contributed by atoms with Crippen molar-refractivity contribution in [2.45, 2.75) is 6.92 Å². The van der Waals surface area contributed by atoms with Crippen LogP contribution in [0.4, 0.5) is 13.6 Å². The van der Waals surface area contributed by atoms with E-state index in [1.165, 1.54) is 0 Å². The van der Waals surface area contributed by atoms with Crippen molar-refractivity contribution in [2.24, 2.45) is 0 Å². The molecule has 17 heavy (non-hydrogen) atoms. The van der Waals surface area contributed by atoms with Crippen LogP contribution >= 0.6 is 0 Å². The molecule has 0 saturated heterocycles. The first kappa shape index (κ1) is 12.9. The van der Waals surface area contributed by atoms with Crippen LogP contribution in [-0.4, -0.2) is 18.6 Å². The smallest absolute Gasteiger partial charge is 0.426 e. The molecule has 0 unspecified atom stereocenters. The summed E-state index contributed by atoms with van der Waals surface area (Å²) in [6, 6.07) is 2.31. The molecule has 0 bridgehead atoms. The molecule has 0 heterocycles. The van der Waals surface area contributed by atoms with Gasteiger partial charge in [0.2, 0.25) is 0 Å². The first-order valence-electron chi connectivity index (χ1n) is 4.72. The van der Waals surface area contributed by atoms with E-state index in [0.717, 1.165) is 12.1 Å². The molecule has 1 aromatic carbocycles. The van der Waals surface area contributed by atoms with Crippen molar-refractivity contribution in [3.05, 3.63) is 35.4 Å². The van der Waals surface area contributed by atoms with Crippen molar-refractivity contribution in [1.82, 2.24) is 10.9 Å². The van der Waals surface area contributed by atoms with Crippen LogP contribution in [-0.2, 0) is 4.74 Å². The van der Waals surface area contributed by atoms with Gasteiger partial charge in [-0.2, -0.15) is 0 Å². The fourth-order valence-electron chi connectivity index (χ4n) is 1.03. The highest BCUT2D eigenvalue weighted by Crippen LogP contribution is 2.07. The van der Waals surface area contributed by atoms with Crippen molar-refractivity contribution in [2.75, 3.05) is 6.61 Å². The van der Waals surface area contributed by atoms with Gasteiger partial charge in [0, 0.05) is 11.6 Å². The zero-order chi connectivity index (χ0) is 12.8. The van der Waals surface area contributed by atoms with Gasteiger partial charge in [-0.1, -0.05) is 0 Å². The van der Waals surface area contributed by atoms with E-state index >= 15 is 0 Å². The second kappa shape index (κ2) is 5.78. The lowest BCUT2D eigenvalue weighted by atomic mass is 10.2. The van der Waals surface area contributed by atoms with Crippen LogP contribution in [0.15, 0.2) is 18.2 Å². The maximum atomic E-state index is 12.8. The number of rotatable bonds is 2. The average molecular weight is 244 g/mol. The zero-order valence-corrected chi connectivity index (χ0v) is 8.92. The molecule has 2 amide bonds. The summed E-state index contributed by atoms with van der Waals surface area (Å²) in [6.45, 7) is 1.72. The summed E-state index contributed by atoms with van der Waals surface area (Å²) in [6.07, 6.45) is -0.863. The molecule has 0 aliphatic heterocycles. The van der Waals surface area contributed by atoms with Gasteiger partial charge in [-0.15, -0.1) is 0 Å². The Labute approximate surface area is 95.7 Å². The number of hydrogen-bond acceptors (Lipinski definition) is 3. The summed E-state index contributed by atoms with van der Waals surface area (Å²) >= 11 is 0. The van der Waals surface area contributed by atoms with E-state index in [4.69, 9.17) is 0 Å². The number of halogens is 2. The van der Waals surface area contributed by atoms with Crippen LogP contribution in [0.3, 0.4) is 0 Å². The Morgan fingerprint density at radius 2 is 1.76 bits per heavy atom. The van der Waals surface area contributed by atoms with Gasteiger partial charge in [0.25, 0.3) is 5.91 Å². The van der Waals surface area contributed by atoms with Gasteiger partial charge in [-0.3, -0.25) is 10.2 Å². The highest BCUT2D eigenvalue weighted by atomic mass is 19.1. The maximum absolute atomic E-state index is 12.8. The molecule has 0 radical (unpaired) electrons. The SMILES string of the molecule is CCOC(=O)NNC(=O)c1cc(F)cc(F)c1. The van der Waals surface area contributed by atoms with E-state index in [2.05, 4.69) is 4.74 Å². The molecular formula is C10H10F2N2O3. The summed E-state index contributed by atoms with van der Waals surface area (Å²) < 4.78 is 30.0. The number of hydrazine groups is 1. The monoisotopic (exact) mass is 244 g/mol. The van der Waals surface area contributed by atoms with Gasteiger partial charge in [-0.05, 0) is 19.1 Å². The fraction of sp³-hybridized carbons (Fsp3) is 0.200. The zero-order valence-electron chi connectivity index (χ0n) is 8.92. The Balaban J connectivity index is 2.61. The van der Waals surface area contributed by atoms with Crippen molar-refractivity contribution in [1.29, 1.82) is 0 Å². The van der Waals surface area contributed by atoms with Crippen LogP contribution in [0.25, 0.3) is 0 Å². The number of hydrogen-bond donors (Lipinski definition) is 2. The van der Waals surface area contributed by atoms with E-state index in [-0.39, 0.29) is 12.2 Å². The van der Waals surface area contributed by atoms with Crippen molar-refractivity contribution < 1.29 is 23.1 Å². The second-order valence-electron chi connectivity index (χ2n) is 2.96. The molecular weight excluding hydrogens is 234 g/mol. The summed E-state index contributed by atoms with van der Waals surface area (Å²) in [4.78, 5) is 22.2. The lowest BCUT2D eigenvalue weighted by Crippen LogP contribution is -2.42. The number of carbonyl (C=O) groups excluding carboxylic acids is 2. The predicted molar refractivity (Wildman–Crippen MR) is 54.0 cm³/mol. The average Bonchev–Trinajstić information content (AvgIpc) is 2.25. The summed E-state index contributed by atoms with van der Waals surface area (Å²) in [5, 5.41) is 0. The summed E-state index contributed by atoms with van der Waals surface area (Å²) in [5.41, 5.74) is 3.61. The van der Waals surface area contributed by atoms with Gasteiger partial charge in [-0.25, -0.2) is 19.0 Å². The minimum Gasteiger partial charge on any atom is -0.449 e. The molecule has 7 heteroatoms. The van der Waals surface area contributed by atoms with E-state index in [0.29, 0.717) is 6.07 Å². The van der Waals surface area contributed by atoms with Crippen LogP contribution in [0.2, 0.25) is 0 Å². The number of benzene rings is 1. The maximum Gasteiger partial charge on any atom is 0.426 e. The summed E-state index contributed by atoms with van der Waals surface area (Å²) in [5.74, 6) is -2.62. The largest absolute Gasteiger partial charge is 0.449 e. The molecule has 2 N–H and O–H groups in total. The van der Waals surface area contributed by atoms with Gasteiger partial charge in [0.1, 0.15) is 11.6 Å². The highest BCUT2D eigenvalue weighted by molar-refractivity contribution is 5.94. The lowest BCUT2D eigenvalue weighted by molar-refractivity contribution is 0.0912. The molecule has 0 spiro atoms. The van der Waals surface area contributed by atoms with Crippen LogP contribution in [0.1, 0.15) is 17.3 Å². The standard InChI is InChI=1S/C10H10F2N2O3/c1-2-17-10(16)14-13-9(15)6-3-7(11)5-8(12)4-6/h3-5H,2H2,1H3,(H,13,15)(H,14,16). The number of amides is 2. The lowest BCUT2D eigenvalue weighted by Gasteiger charge is -2.07. The van der Waals surface area contributed by atoms with E-state index in [1.807, 2.05) is 10.9 Å². The third kappa shape index (κ3) is 4.06. The number of ether oxygens (including phenoxy) is 1. The van der Waals surface area contributed by atoms with Gasteiger partial charge >= 0.3 is 6.09 Å². The van der Waals surface area contributed by atoms with Crippen LogP contribution in [0, 0.1) is 11.6 Å². The first-order valence-corrected chi connectivity index (χ1v) is 4.72. The van der Waals surface area contributed by atoms with Gasteiger partial charge < -0.3 is 4.74 Å². The van der Waals surface area contributed by atoms with Gasteiger partial charge in [0.05, 0.1) is 6.61 Å². The highest BCUT2D eigenvalue weighted by Gasteiger charge is 2.10. The minimum absolute atomic E-state index is 0.135. The Bertz CT molecular complexity index is 417. The van der Waals surface area contributed by atoms with Crippen molar-refractivity contribution >= 4 is 12.0 Å². The fourth-order valence-corrected chi connectivity index (χ4v) is 1.03. The predicted octanol–water partition coefficient (Wildman–Crippen LogP) is 1.36. The second-order valence-corrected chi connectivity index (χ2v) is 2.96. The minimum atomic E-state index is -0.883. The third-order valence-corrected chi connectivity index (χ3v) is 1.68. The molecule has 0 saturated carbocycles. The van der Waals surface area contributed by atoms with Gasteiger partial charge in [0.15, 0.2) is 0 Å². The molecule has 5 nitrogen and oxygen atoms in total. The molecule has 0 fully saturated rings. The first-order chi connectivity index (χ1) is 8.02. The molecule has 1 rings (SSSR count).